The number of amides is 2. The SMILES string of the molecule is CC(C)Oc1ncccc1CNC(=O)N1CCCCC1C. The van der Waals surface area contributed by atoms with Crippen molar-refractivity contribution >= 4 is 6.03 Å². The van der Waals surface area contributed by atoms with Gasteiger partial charge in [-0.2, -0.15) is 0 Å². The molecule has 1 N–H and O–H groups in total. The van der Waals surface area contributed by atoms with Crippen LogP contribution in [0.4, 0.5) is 4.79 Å². The van der Waals surface area contributed by atoms with E-state index in [1.165, 1.54) is 6.42 Å². The van der Waals surface area contributed by atoms with Gasteiger partial charge in [-0.1, -0.05) is 6.07 Å². The molecule has 5 heteroatoms. The van der Waals surface area contributed by atoms with Crippen molar-refractivity contribution in [2.24, 2.45) is 0 Å². The van der Waals surface area contributed by atoms with Gasteiger partial charge in [0.25, 0.3) is 0 Å². The fraction of sp³-hybridized carbons (Fsp3) is 0.625. The predicted molar refractivity (Wildman–Crippen MR) is 82.3 cm³/mol. The number of likely N-dealkylation sites (tertiary alicyclic amines) is 1. The van der Waals surface area contributed by atoms with E-state index in [0.29, 0.717) is 18.5 Å². The molecule has 5 nitrogen and oxygen atoms in total. The summed E-state index contributed by atoms with van der Waals surface area (Å²) in [7, 11) is 0. The number of nitrogens with one attached hydrogen (secondary N) is 1. The molecule has 2 heterocycles. The maximum absolute atomic E-state index is 12.3. The molecule has 2 amide bonds. The van der Waals surface area contributed by atoms with Crippen LogP contribution in [0, 0.1) is 0 Å². The van der Waals surface area contributed by atoms with E-state index < -0.39 is 0 Å². The number of nitrogens with zero attached hydrogens (tertiary/aromatic N) is 2. The van der Waals surface area contributed by atoms with E-state index in [0.717, 1.165) is 24.9 Å². The first-order valence-electron chi connectivity index (χ1n) is 7.73. The average Bonchev–Trinajstić information content (AvgIpc) is 2.46. The van der Waals surface area contributed by atoms with Crippen LogP contribution in [0.15, 0.2) is 18.3 Å². The minimum absolute atomic E-state index is 0.00144. The van der Waals surface area contributed by atoms with Crippen LogP contribution in [0.1, 0.15) is 45.6 Å². The lowest BCUT2D eigenvalue weighted by atomic mass is 10.0. The number of pyridine rings is 1. The number of hydrogen-bond donors (Lipinski definition) is 1. The molecule has 0 radical (unpaired) electrons. The monoisotopic (exact) mass is 291 g/mol. The van der Waals surface area contributed by atoms with Crippen molar-refractivity contribution in [2.45, 2.75) is 58.7 Å². The molecule has 1 aliphatic heterocycles. The maximum Gasteiger partial charge on any atom is 0.317 e. The van der Waals surface area contributed by atoms with E-state index in [2.05, 4.69) is 17.2 Å². The van der Waals surface area contributed by atoms with Gasteiger partial charge in [0.2, 0.25) is 5.88 Å². The maximum atomic E-state index is 12.3. The second kappa shape index (κ2) is 7.29. The number of piperidine rings is 1. The Labute approximate surface area is 126 Å². The molecule has 1 unspecified atom stereocenters. The van der Waals surface area contributed by atoms with E-state index in [1.807, 2.05) is 30.9 Å². The van der Waals surface area contributed by atoms with Crippen molar-refractivity contribution in [3.8, 4) is 5.88 Å². The van der Waals surface area contributed by atoms with Crippen molar-refractivity contribution in [1.82, 2.24) is 15.2 Å². The Morgan fingerprint density at radius 3 is 3.05 bits per heavy atom. The second-order valence-electron chi connectivity index (χ2n) is 5.83. The second-order valence-corrected chi connectivity index (χ2v) is 5.83. The number of aromatic nitrogens is 1. The van der Waals surface area contributed by atoms with Crippen LogP contribution in [-0.2, 0) is 6.54 Å². The third-order valence-corrected chi connectivity index (χ3v) is 3.69. The summed E-state index contributed by atoms with van der Waals surface area (Å²) in [5.41, 5.74) is 0.907. The Hall–Kier alpha value is -1.78. The molecule has 0 aliphatic carbocycles. The van der Waals surface area contributed by atoms with Crippen molar-refractivity contribution < 1.29 is 9.53 Å². The molecule has 21 heavy (non-hydrogen) atoms. The van der Waals surface area contributed by atoms with Crippen LogP contribution < -0.4 is 10.1 Å². The molecule has 0 aromatic carbocycles. The summed E-state index contributed by atoms with van der Waals surface area (Å²) in [4.78, 5) is 18.4. The summed E-state index contributed by atoms with van der Waals surface area (Å²) in [5.74, 6) is 0.597. The number of urea groups is 1. The Morgan fingerprint density at radius 1 is 1.52 bits per heavy atom. The number of carbonyl (C=O) groups is 1. The van der Waals surface area contributed by atoms with Crippen molar-refractivity contribution in [3.63, 3.8) is 0 Å². The zero-order valence-corrected chi connectivity index (χ0v) is 13.1. The molecular weight excluding hydrogens is 266 g/mol. The molecule has 0 bridgehead atoms. The largest absolute Gasteiger partial charge is 0.475 e. The summed E-state index contributed by atoms with van der Waals surface area (Å²) in [6.45, 7) is 7.32. The van der Waals surface area contributed by atoms with Gasteiger partial charge in [-0.3, -0.25) is 0 Å². The summed E-state index contributed by atoms with van der Waals surface area (Å²) in [5, 5.41) is 2.98. The highest BCUT2D eigenvalue weighted by atomic mass is 16.5. The Morgan fingerprint density at radius 2 is 2.33 bits per heavy atom. The van der Waals surface area contributed by atoms with E-state index in [1.54, 1.807) is 6.20 Å². The highest BCUT2D eigenvalue weighted by Crippen LogP contribution is 2.18. The van der Waals surface area contributed by atoms with E-state index in [-0.39, 0.29) is 12.1 Å². The lowest BCUT2D eigenvalue weighted by Crippen LogP contribution is -2.47. The number of hydrogen-bond acceptors (Lipinski definition) is 3. The first-order valence-corrected chi connectivity index (χ1v) is 7.73. The first-order chi connectivity index (χ1) is 10.1. The summed E-state index contributed by atoms with van der Waals surface area (Å²) in [6.07, 6.45) is 5.15. The standard InChI is InChI=1S/C16H25N3O2/c1-12(2)21-15-14(8-6-9-17-15)11-18-16(20)19-10-5-4-7-13(19)3/h6,8-9,12-13H,4-5,7,10-11H2,1-3H3,(H,18,20). The summed E-state index contributed by atoms with van der Waals surface area (Å²) < 4.78 is 5.67. The lowest BCUT2D eigenvalue weighted by molar-refractivity contribution is 0.157. The minimum Gasteiger partial charge on any atom is -0.475 e. The molecule has 1 saturated heterocycles. The molecule has 1 aromatic heterocycles. The molecule has 1 atom stereocenters. The molecular formula is C16H25N3O2. The van der Waals surface area contributed by atoms with Crippen LogP contribution in [0.3, 0.4) is 0 Å². The van der Waals surface area contributed by atoms with Gasteiger partial charge in [0.15, 0.2) is 0 Å². The van der Waals surface area contributed by atoms with Crippen molar-refractivity contribution in [1.29, 1.82) is 0 Å². The van der Waals surface area contributed by atoms with Gasteiger partial charge < -0.3 is 15.0 Å². The third kappa shape index (κ3) is 4.34. The molecule has 1 aliphatic rings. The van der Waals surface area contributed by atoms with E-state index in [9.17, 15) is 4.79 Å². The average molecular weight is 291 g/mol. The molecule has 1 aromatic rings. The fourth-order valence-electron chi connectivity index (χ4n) is 2.56. The quantitative estimate of drug-likeness (QED) is 0.928. The molecule has 1 fully saturated rings. The van der Waals surface area contributed by atoms with Gasteiger partial charge in [-0.05, 0) is 46.1 Å². The van der Waals surface area contributed by atoms with Crippen LogP contribution in [0.2, 0.25) is 0 Å². The number of carbonyl (C=O) groups excluding carboxylic acids is 1. The Balaban J connectivity index is 1.94. The summed E-state index contributed by atoms with van der Waals surface area (Å²) in [6, 6.07) is 4.11. The first kappa shape index (κ1) is 15.6. The van der Waals surface area contributed by atoms with E-state index >= 15 is 0 Å². The number of ether oxygens (including phenoxy) is 1. The molecule has 0 saturated carbocycles. The minimum atomic E-state index is 0.00144. The lowest BCUT2D eigenvalue weighted by Gasteiger charge is -2.33. The van der Waals surface area contributed by atoms with Gasteiger partial charge >= 0.3 is 6.03 Å². The van der Waals surface area contributed by atoms with Gasteiger partial charge in [0.1, 0.15) is 0 Å². The molecule has 0 spiro atoms. The predicted octanol–water partition coefficient (Wildman–Crippen LogP) is 2.95. The smallest absolute Gasteiger partial charge is 0.317 e. The normalized spacial score (nSPS) is 18.7. The van der Waals surface area contributed by atoms with Gasteiger partial charge in [0.05, 0.1) is 6.10 Å². The van der Waals surface area contributed by atoms with Gasteiger partial charge in [-0.25, -0.2) is 9.78 Å². The zero-order chi connectivity index (χ0) is 15.2. The van der Waals surface area contributed by atoms with Crippen LogP contribution in [0.5, 0.6) is 5.88 Å². The zero-order valence-electron chi connectivity index (χ0n) is 13.1. The van der Waals surface area contributed by atoms with Gasteiger partial charge in [-0.15, -0.1) is 0 Å². The van der Waals surface area contributed by atoms with E-state index in [4.69, 9.17) is 4.74 Å². The van der Waals surface area contributed by atoms with Crippen LogP contribution in [-0.4, -0.2) is 34.6 Å². The topological polar surface area (TPSA) is 54.5 Å². The number of rotatable bonds is 4. The highest BCUT2D eigenvalue weighted by Gasteiger charge is 2.23. The van der Waals surface area contributed by atoms with Crippen LogP contribution in [0.25, 0.3) is 0 Å². The van der Waals surface area contributed by atoms with Crippen molar-refractivity contribution in [3.05, 3.63) is 23.9 Å². The van der Waals surface area contributed by atoms with Crippen molar-refractivity contribution in [2.75, 3.05) is 6.54 Å². The Bertz CT molecular complexity index is 476. The highest BCUT2D eigenvalue weighted by molar-refractivity contribution is 5.74. The fourth-order valence-corrected chi connectivity index (χ4v) is 2.56. The van der Waals surface area contributed by atoms with Gasteiger partial charge in [0, 0.05) is 30.9 Å². The van der Waals surface area contributed by atoms with Crippen LogP contribution >= 0.6 is 0 Å². The Kier molecular flexibility index (Phi) is 5.42. The molecule has 2 rings (SSSR count). The third-order valence-electron chi connectivity index (χ3n) is 3.69. The molecule has 116 valence electrons. The summed E-state index contributed by atoms with van der Waals surface area (Å²) >= 11 is 0.